The normalized spacial score (nSPS) is 13.1. The molecule has 65 heavy (non-hydrogen) atoms. The standard InChI is InChI=1S/C48H16F12N4S/c49-45(50,51)27-5-23(6-28(11-27)46(52,53)54)21-1-3-31-33-15-41-35(13-39(33)43(37(31)9-21)25(17-61)18-62)36-14-40-34(16-42(36)65-41)32-4-2-22(10-38(32)44(40)26(19-63)20-64)24-7-29(47(55,56)57)12-30(8-24)48(58,59)60/h1-16H. The van der Waals surface area contributed by atoms with Gasteiger partial charge in [-0.3, -0.25) is 0 Å². The van der Waals surface area contributed by atoms with E-state index in [-0.39, 0.29) is 45.5 Å². The number of fused-ring (bicyclic) bond motifs is 9. The highest BCUT2D eigenvalue weighted by molar-refractivity contribution is 7.25. The van der Waals surface area contributed by atoms with E-state index >= 15 is 0 Å². The molecule has 0 fully saturated rings. The van der Waals surface area contributed by atoms with Crippen molar-refractivity contribution >= 4 is 42.7 Å². The molecule has 17 heteroatoms. The molecule has 1 heterocycles. The van der Waals surface area contributed by atoms with Crippen molar-refractivity contribution < 1.29 is 52.7 Å². The van der Waals surface area contributed by atoms with Gasteiger partial charge in [0.15, 0.2) is 0 Å². The van der Waals surface area contributed by atoms with Gasteiger partial charge in [-0.2, -0.15) is 73.7 Å². The molecule has 0 amide bonds. The van der Waals surface area contributed by atoms with Gasteiger partial charge in [-0.05, 0) is 140 Å². The lowest BCUT2D eigenvalue weighted by Crippen LogP contribution is -2.11. The lowest BCUT2D eigenvalue weighted by molar-refractivity contribution is -0.144. The Morgan fingerprint density at radius 3 is 0.938 bits per heavy atom. The van der Waals surface area contributed by atoms with E-state index in [1.165, 1.54) is 47.7 Å². The van der Waals surface area contributed by atoms with Crippen molar-refractivity contribution in [1.29, 1.82) is 21.0 Å². The molecule has 0 N–H and O–H groups in total. The number of rotatable bonds is 2. The van der Waals surface area contributed by atoms with E-state index < -0.39 is 69.2 Å². The molecule has 0 radical (unpaired) electrons. The summed E-state index contributed by atoms with van der Waals surface area (Å²) in [6.45, 7) is 0. The zero-order valence-electron chi connectivity index (χ0n) is 32.0. The van der Waals surface area contributed by atoms with E-state index in [4.69, 9.17) is 0 Å². The van der Waals surface area contributed by atoms with E-state index in [1.54, 1.807) is 24.3 Å². The SMILES string of the molecule is N#CC(C#N)=C1c2cc(-c3cc(C(F)(F)F)cc(C(F)(F)F)c3)ccc2-c2cc3sc4cc5c(cc4c3cc21)C(=C(C#N)C#N)c1cc(-c2cc(C(F)(F)F)cc(C(F)(F)F)c2)ccc1-5. The zero-order chi connectivity index (χ0) is 46.7. The van der Waals surface area contributed by atoms with Gasteiger partial charge in [0.05, 0.1) is 22.3 Å². The first-order valence-corrected chi connectivity index (χ1v) is 19.4. The Morgan fingerprint density at radius 2 is 0.646 bits per heavy atom. The van der Waals surface area contributed by atoms with Crippen LogP contribution in [0.4, 0.5) is 52.7 Å². The van der Waals surface area contributed by atoms with E-state index in [0.717, 1.165) is 0 Å². The third-order valence-corrected chi connectivity index (χ3v) is 12.4. The van der Waals surface area contributed by atoms with Crippen LogP contribution in [-0.4, -0.2) is 0 Å². The Hall–Kier alpha value is -7.86. The smallest absolute Gasteiger partial charge is 0.192 e. The van der Waals surface area contributed by atoms with Crippen molar-refractivity contribution in [2.75, 3.05) is 0 Å². The number of benzene rings is 6. The second kappa shape index (κ2) is 14.3. The maximum atomic E-state index is 13.8. The van der Waals surface area contributed by atoms with Crippen LogP contribution in [0.2, 0.25) is 0 Å². The summed E-state index contributed by atoms with van der Waals surface area (Å²) in [4.78, 5) is 0. The molecule has 7 aromatic rings. The van der Waals surface area contributed by atoms with Crippen LogP contribution in [-0.2, 0) is 24.7 Å². The van der Waals surface area contributed by atoms with Crippen LogP contribution in [0, 0.1) is 45.3 Å². The fourth-order valence-electron chi connectivity index (χ4n) is 8.40. The second-order valence-corrected chi connectivity index (χ2v) is 16.0. The first-order valence-electron chi connectivity index (χ1n) is 18.6. The van der Waals surface area contributed by atoms with Gasteiger partial charge in [-0.25, -0.2) is 0 Å². The Balaban J connectivity index is 1.22. The quantitative estimate of drug-likeness (QED) is 0.127. The Labute approximate surface area is 361 Å². The first-order chi connectivity index (χ1) is 30.5. The summed E-state index contributed by atoms with van der Waals surface area (Å²) in [5.41, 5.74) is -4.92. The first kappa shape index (κ1) is 42.4. The molecule has 1 aromatic heterocycles. The van der Waals surface area contributed by atoms with Crippen LogP contribution in [0.1, 0.15) is 44.5 Å². The average molecular weight is 909 g/mol. The molecule has 0 aliphatic heterocycles. The molecule has 4 nitrogen and oxygen atoms in total. The van der Waals surface area contributed by atoms with Crippen molar-refractivity contribution in [3.8, 4) is 68.8 Å². The Morgan fingerprint density at radius 1 is 0.338 bits per heavy atom. The molecule has 318 valence electrons. The maximum Gasteiger partial charge on any atom is 0.416 e. The van der Waals surface area contributed by atoms with E-state index in [1.807, 2.05) is 24.3 Å². The van der Waals surface area contributed by atoms with Gasteiger partial charge < -0.3 is 0 Å². The molecule has 0 saturated carbocycles. The fourth-order valence-corrected chi connectivity index (χ4v) is 9.55. The molecule has 0 spiro atoms. The van der Waals surface area contributed by atoms with Crippen LogP contribution in [0.15, 0.2) is 108 Å². The summed E-state index contributed by atoms with van der Waals surface area (Å²) >= 11 is 1.28. The lowest BCUT2D eigenvalue weighted by Gasteiger charge is -2.15. The highest BCUT2D eigenvalue weighted by Gasteiger charge is 2.39. The summed E-state index contributed by atoms with van der Waals surface area (Å²) in [5.74, 6) is 0. The van der Waals surface area contributed by atoms with Crippen LogP contribution in [0.5, 0.6) is 0 Å². The van der Waals surface area contributed by atoms with Crippen LogP contribution in [0.3, 0.4) is 0 Å². The summed E-state index contributed by atoms with van der Waals surface area (Å²) < 4.78 is 167. The average Bonchev–Trinajstić information content (AvgIpc) is 3.87. The number of hydrogen-bond acceptors (Lipinski definition) is 5. The predicted octanol–water partition coefficient (Wildman–Crippen LogP) is 15.1. The number of nitriles is 4. The van der Waals surface area contributed by atoms with Gasteiger partial charge >= 0.3 is 24.7 Å². The summed E-state index contributed by atoms with van der Waals surface area (Å²) in [5, 5.41) is 41.5. The Bertz CT molecular complexity index is 3210. The number of halogens is 12. The summed E-state index contributed by atoms with van der Waals surface area (Å²) in [6.07, 6.45) is -20.5. The highest BCUT2D eigenvalue weighted by atomic mass is 32.1. The van der Waals surface area contributed by atoms with Gasteiger partial charge in [0, 0.05) is 31.3 Å². The van der Waals surface area contributed by atoms with Gasteiger partial charge in [-0.1, -0.05) is 24.3 Å². The van der Waals surface area contributed by atoms with Crippen molar-refractivity contribution in [2.24, 2.45) is 0 Å². The minimum atomic E-state index is -5.12. The fraction of sp³-hybridized carbons (Fsp3) is 0.0833. The molecule has 0 bridgehead atoms. The predicted molar refractivity (Wildman–Crippen MR) is 216 cm³/mol. The van der Waals surface area contributed by atoms with Crippen molar-refractivity contribution in [2.45, 2.75) is 24.7 Å². The number of hydrogen-bond donors (Lipinski definition) is 0. The maximum absolute atomic E-state index is 13.8. The molecule has 2 aliphatic rings. The monoisotopic (exact) mass is 908 g/mol. The molecule has 0 saturated heterocycles. The van der Waals surface area contributed by atoms with Crippen LogP contribution >= 0.6 is 11.3 Å². The molecule has 2 aliphatic carbocycles. The molecule has 0 unspecified atom stereocenters. The van der Waals surface area contributed by atoms with Gasteiger partial charge in [0.25, 0.3) is 0 Å². The summed E-state index contributed by atoms with van der Waals surface area (Å²) in [6, 6.07) is 24.7. The van der Waals surface area contributed by atoms with Crippen molar-refractivity contribution in [3.05, 3.63) is 153 Å². The van der Waals surface area contributed by atoms with E-state index in [0.29, 0.717) is 77.8 Å². The van der Waals surface area contributed by atoms with Crippen molar-refractivity contribution in [1.82, 2.24) is 0 Å². The topological polar surface area (TPSA) is 95.2 Å². The number of allylic oxidation sites excluding steroid dienone is 2. The molecule has 9 rings (SSSR count). The van der Waals surface area contributed by atoms with Crippen LogP contribution in [0.25, 0.3) is 75.8 Å². The minimum absolute atomic E-state index is 0.000832. The van der Waals surface area contributed by atoms with Crippen molar-refractivity contribution in [3.63, 3.8) is 0 Å². The van der Waals surface area contributed by atoms with Gasteiger partial charge in [0.2, 0.25) is 0 Å². The van der Waals surface area contributed by atoms with Gasteiger partial charge in [-0.15, -0.1) is 11.3 Å². The third kappa shape index (κ3) is 6.93. The van der Waals surface area contributed by atoms with Crippen LogP contribution < -0.4 is 0 Å². The van der Waals surface area contributed by atoms with E-state index in [2.05, 4.69) is 0 Å². The van der Waals surface area contributed by atoms with Gasteiger partial charge in [0.1, 0.15) is 35.4 Å². The summed E-state index contributed by atoms with van der Waals surface area (Å²) in [7, 11) is 0. The molecule has 0 atom stereocenters. The minimum Gasteiger partial charge on any atom is -0.192 e. The molecular weight excluding hydrogens is 893 g/mol. The molecule has 6 aromatic carbocycles. The third-order valence-electron chi connectivity index (χ3n) is 11.2. The lowest BCUT2D eigenvalue weighted by atomic mass is 9.93. The highest BCUT2D eigenvalue weighted by Crippen LogP contribution is 2.54. The number of alkyl halides is 12. The Kier molecular flexibility index (Phi) is 9.36. The second-order valence-electron chi connectivity index (χ2n) is 14.9. The number of thiophene rings is 1. The molecular formula is C48H16F12N4S. The van der Waals surface area contributed by atoms with E-state index in [9.17, 15) is 73.7 Å². The zero-order valence-corrected chi connectivity index (χ0v) is 32.8. The number of nitrogens with zero attached hydrogens (tertiary/aromatic N) is 4. The largest absolute Gasteiger partial charge is 0.416 e.